The number of hydrogen-bond acceptors (Lipinski definition) is 7. The zero-order valence-corrected chi connectivity index (χ0v) is 20.9. The van der Waals surface area contributed by atoms with Crippen molar-refractivity contribution < 1.29 is 31.1 Å². The van der Waals surface area contributed by atoms with E-state index in [1.165, 1.54) is 24.4 Å². The predicted molar refractivity (Wildman–Crippen MR) is 130 cm³/mol. The number of halogens is 6. The zero-order chi connectivity index (χ0) is 27.8. The molecule has 4 aliphatic carbocycles. The molecule has 6 rings (SSSR count). The molecule has 0 aliphatic heterocycles. The fourth-order valence-corrected chi connectivity index (χ4v) is 6.98. The number of ether oxygens (including phenoxy) is 1. The van der Waals surface area contributed by atoms with E-state index in [1.807, 2.05) is 0 Å². The third-order valence-corrected chi connectivity index (χ3v) is 8.11. The van der Waals surface area contributed by atoms with Crippen LogP contribution in [0.1, 0.15) is 43.2 Å². The Kier molecular flexibility index (Phi) is 7.26. The lowest BCUT2D eigenvalue weighted by atomic mass is 9.48. The quantitative estimate of drug-likeness (QED) is 0.347. The smallest absolute Gasteiger partial charge is 0.405 e. The molecular formula is C26H28F6N6O. The maximum absolute atomic E-state index is 12.8. The van der Waals surface area contributed by atoms with Gasteiger partial charge in [-0.05, 0) is 61.3 Å². The highest BCUT2D eigenvalue weighted by atomic mass is 19.4. The molecule has 4 aliphatic rings. The summed E-state index contributed by atoms with van der Waals surface area (Å²) < 4.78 is 80.7. The van der Waals surface area contributed by atoms with Crippen LogP contribution in [0.25, 0.3) is 0 Å². The minimum atomic E-state index is -4.83. The Balaban J connectivity index is 1.24. The molecular weight excluding hydrogens is 526 g/mol. The number of aromatic nitrogens is 2. The van der Waals surface area contributed by atoms with E-state index >= 15 is 0 Å². The molecule has 0 amide bonds. The van der Waals surface area contributed by atoms with Crippen LogP contribution in [0.3, 0.4) is 0 Å². The first-order valence-corrected chi connectivity index (χ1v) is 12.8. The summed E-state index contributed by atoms with van der Waals surface area (Å²) in [6, 6.07) is 7.64. The highest BCUT2D eigenvalue weighted by molar-refractivity contribution is 5.53. The van der Waals surface area contributed by atoms with E-state index in [9.17, 15) is 31.6 Å². The lowest BCUT2D eigenvalue weighted by Crippen LogP contribution is -2.60. The lowest BCUT2D eigenvalue weighted by Gasteiger charge is -2.60. The van der Waals surface area contributed by atoms with E-state index in [1.54, 1.807) is 6.07 Å². The van der Waals surface area contributed by atoms with Gasteiger partial charge in [-0.25, -0.2) is 4.98 Å². The van der Waals surface area contributed by atoms with Gasteiger partial charge in [0.05, 0.1) is 12.7 Å². The molecule has 1 aromatic heterocycles. The zero-order valence-electron chi connectivity index (χ0n) is 20.9. The average Bonchev–Trinajstić information content (AvgIpc) is 2.85. The standard InChI is InChI=1S/C26H28F6N6O/c27-25(28,29)14-36-21-17-5-15-6-18(21)9-24(7-15,8-17)13-37-22-19(10-33)12-35-23(38-22)34-11-16-3-1-2-4-20(16)39-26(30,31)32/h1-4,12,15,17-18,21,36H,5-9,11,13-14H2,(H2,34,35,37,38)/t15?,17-,18+,21+,24?. The molecule has 0 radical (unpaired) electrons. The Morgan fingerprint density at radius 1 is 1.03 bits per heavy atom. The van der Waals surface area contributed by atoms with Gasteiger partial charge in [-0.2, -0.15) is 23.4 Å². The molecule has 0 saturated heterocycles. The molecule has 1 aromatic carbocycles. The third-order valence-electron chi connectivity index (χ3n) is 8.11. The number of rotatable bonds is 9. The Labute approximate surface area is 221 Å². The van der Waals surface area contributed by atoms with E-state index < -0.39 is 19.1 Å². The molecule has 2 aromatic rings. The fraction of sp³-hybridized carbons (Fsp3) is 0.577. The Morgan fingerprint density at radius 2 is 1.74 bits per heavy atom. The summed E-state index contributed by atoms with van der Waals surface area (Å²) in [6.45, 7) is -0.496. The van der Waals surface area contributed by atoms with Crippen molar-refractivity contribution in [2.24, 2.45) is 23.2 Å². The minimum absolute atomic E-state index is 0.0428. The number of hydrogen-bond donors (Lipinski definition) is 3. The van der Waals surface area contributed by atoms with E-state index in [0.29, 0.717) is 18.3 Å². The SMILES string of the molecule is N#Cc1cnc(NCc2ccccc2OC(F)(F)F)nc1NCC12CC3C[C@H](C1)[C@H](NCC(F)(F)F)[C@@H](C3)C2. The number of alkyl halides is 6. The number of benzene rings is 1. The summed E-state index contributed by atoms with van der Waals surface area (Å²) in [4.78, 5) is 8.50. The van der Waals surface area contributed by atoms with Crippen LogP contribution in [-0.2, 0) is 6.54 Å². The summed E-state index contributed by atoms with van der Waals surface area (Å²) in [5.74, 6) is 0.923. The largest absolute Gasteiger partial charge is 0.573 e. The van der Waals surface area contributed by atoms with Crippen LogP contribution >= 0.6 is 0 Å². The molecule has 39 heavy (non-hydrogen) atoms. The molecule has 0 spiro atoms. The molecule has 2 unspecified atom stereocenters. The van der Waals surface area contributed by atoms with Crippen LogP contribution in [0.15, 0.2) is 30.5 Å². The second kappa shape index (κ2) is 10.4. The number of para-hydroxylation sites is 1. The molecule has 4 saturated carbocycles. The molecule has 5 atom stereocenters. The number of nitrogens with zero attached hydrogens (tertiary/aromatic N) is 3. The van der Waals surface area contributed by atoms with E-state index in [-0.39, 0.29) is 52.7 Å². The topological polar surface area (TPSA) is 94.9 Å². The van der Waals surface area contributed by atoms with Gasteiger partial charge in [-0.1, -0.05) is 18.2 Å². The molecule has 4 bridgehead atoms. The Bertz CT molecular complexity index is 1210. The van der Waals surface area contributed by atoms with Crippen molar-refractivity contribution in [2.45, 2.75) is 57.2 Å². The second-order valence-electron chi connectivity index (χ2n) is 10.9. The third kappa shape index (κ3) is 6.49. The summed E-state index contributed by atoms with van der Waals surface area (Å²) in [5.41, 5.74) is 0.377. The summed E-state index contributed by atoms with van der Waals surface area (Å²) in [6.07, 6.45) is -3.29. The monoisotopic (exact) mass is 554 g/mol. The summed E-state index contributed by atoms with van der Waals surface area (Å²) in [7, 11) is 0. The van der Waals surface area contributed by atoms with Gasteiger partial charge in [0.15, 0.2) is 0 Å². The highest BCUT2D eigenvalue weighted by Gasteiger charge is 2.55. The second-order valence-corrected chi connectivity index (χ2v) is 10.9. The average molecular weight is 555 g/mol. The maximum atomic E-state index is 12.8. The van der Waals surface area contributed by atoms with Crippen molar-refractivity contribution in [3.63, 3.8) is 0 Å². The van der Waals surface area contributed by atoms with Gasteiger partial charge < -0.3 is 20.7 Å². The first-order chi connectivity index (χ1) is 18.4. The Morgan fingerprint density at radius 3 is 2.41 bits per heavy atom. The van der Waals surface area contributed by atoms with Crippen LogP contribution in [0.4, 0.5) is 38.1 Å². The van der Waals surface area contributed by atoms with Crippen molar-refractivity contribution in [1.82, 2.24) is 15.3 Å². The maximum Gasteiger partial charge on any atom is 0.573 e. The first kappa shape index (κ1) is 27.3. The van der Waals surface area contributed by atoms with Crippen molar-refractivity contribution >= 4 is 11.8 Å². The van der Waals surface area contributed by atoms with Crippen molar-refractivity contribution in [2.75, 3.05) is 23.7 Å². The van der Waals surface area contributed by atoms with Crippen molar-refractivity contribution in [3.05, 3.63) is 41.6 Å². The van der Waals surface area contributed by atoms with Gasteiger partial charge in [0.1, 0.15) is 23.2 Å². The molecule has 13 heteroatoms. The molecule has 4 fully saturated rings. The normalized spacial score (nSPS) is 27.7. The predicted octanol–water partition coefficient (Wildman–Crippen LogP) is 5.62. The van der Waals surface area contributed by atoms with Gasteiger partial charge in [-0.15, -0.1) is 13.2 Å². The summed E-state index contributed by atoms with van der Waals surface area (Å²) in [5, 5.41) is 18.5. The van der Waals surface area contributed by atoms with Crippen molar-refractivity contribution in [3.8, 4) is 11.8 Å². The van der Waals surface area contributed by atoms with Crippen molar-refractivity contribution in [1.29, 1.82) is 5.26 Å². The van der Waals surface area contributed by atoms with Gasteiger partial charge in [0, 0.05) is 24.7 Å². The molecule has 3 N–H and O–H groups in total. The minimum Gasteiger partial charge on any atom is -0.405 e. The van der Waals surface area contributed by atoms with E-state index in [4.69, 9.17) is 0 Å². The van der Waals surface area contributed by atoms with Crippen LogP contribution in [0.2, 0.25) is 0 Å². The van der Waals surface area contributed by atoms with Gasteiger partial charge in [-0.3, -0.25) is 0 Å². The molecule has 210 valence electrons. The molecule has 7 nitrogen and oxygen atoms in total. The fourth-order valence-electron chi connectivity index (χ4n) is 6.98. The summed E-state index contributed by atoms with van der Waals surface area (Å²) >= 11 is 0. The van der Waals surface area contributed by atoms with Crippen LogP contribution in [-0.4, -0.2) is 41.6 Å². The van der Waals surface area contributed by atoms with Gasteiger partial charge in [0.2, 0.25) is 5.95 Å². The van der Waals surface area contributed by atoms with E-state index in [2.05, 4.69) is 36.7 Å². The number of anilines is 2. The van der Waals surface area contributed by atoms with Crippen LogP contribution < -0.4 is 20.7 Å². The first-order valence-electron chi connectivity index (χ1n) is 12.8. The van der Waals surface area contributed by atoms with E-state index in [0.717, 1.165) is 32.1 Å². The number of nitrogens with one attached hydrogen (secondary N) is 3. The Hall–Kier alpha value is -3.27. The van der Waals surface area contributed by atoms with Gasteiger partial charge >= 0.3 is 12.5 Å². The number of nitriles is 1. The molecule has 1 heterocycles. The van der Waals surface area contributed by atoms with Gasteiger partial charge in [0.25, 0.3) is 0 Å². The van der Waals surface area contributed by atoms with Crippen LogP contribution in [0, 0.1) is 34.5 Å². The highest BCUT2D eigenvalue weighted by Crippen LogP contribution is 2.60. The van der Waals surface area contributed by atoms with Crippen LogP contribution in [0.5, 0.6) is 5.75 Å². The lowest BCUT2D eigenvalue weighted by molar-refractivity contribution is -0.274.